The van der Waals surface area contributed by atoms with Crippen LogP contribution in [0.2, 0.25) is 0 Å². The summed E-state index contributed by atoms with van der Waals surface area (Å²) in [6.45, 7) is -0.489. The first kappa shape index (κ1) is 24.3. The summed E-state index contributed by atoms with van der Waals surface area (Å²) in [6, 6.07) is 11.9. The zero-order valence-electron chi connectivity index (χ0n) is 17.3. The van der Waals surface area contributed by atoms with Gasteiger partial charge in [-0.3, -0.25) is 9.59 Å². The molecule has 1 saturated heterocycles. The van der Waals surface area contributed by atoms with Gasteiger partial charge in [-0.1, -0.05) is 27.7 Å². The van der Waals surface area contributed by atoms with Gasteiger partial charge in [-0.25, -0.2) is 4.79 Å². The van der Waals surface area contributed by atoms with Gasteiger partial charge in [-0.2, -0.15) is 5.10 Å². The van der Waals surface area contributed by atoms with E-state index >= 15 is 0 Å². The fraction of sp³-hybridized carbons (Fsp3) is 0.190. The van der Waals surface area contributed by atoms with Crippen molar-refractivity contribution in [3.8, 4) is 11.5 Å². The lowest BCUT2D eigenvalue weighted by atomic mass is 10.2. The quantitative estimate of drug-likeness (QED) is 0.332. The van der Waals surface area contributed by atoms with Gasteiger partial charge in [0.2, 0.25) is 11.8 Å². The second-order valence-electron chi connectivity index (χ2n) is 6.60. The third kappa shape index (κ3) is 7.32. The lowest BCUT2D eigenvalue weighted by Crippen LogP contribution is -2.28. The molecule has 3 N–H and O–H groups in total. The second-order valence-corrected chi connectivity index (χ2v) is 8.70. The van der Waals surface area contributed by atoms with Crippen molar-refractivity contribution >= 4 is 62.5 Å². The zero-order valence-corrected chi connectivity index (χ0v) is 19.7. The summed E-state index contributed by atoms with van der Waals surface area (Å²) < 4.78 is 11.2. The van der Waals surface area contributed by atoms with Crippen LogP contribution in [0.1, 0.15) is 12.0 Å². The smallest absolute Gasteiger partial charge is 0.341 e. The minimum absolute atomic E-state index is 0.00962. The summed E-state index contributed by atoms with van der Waals surface area (Å²) in [5.74, 6) is -1.08. The van der Waals surface area contributed by atoms with Gasteiger partial charge in [0.1, 0.15) is 5.25 Å². The van der Waals surface area contributed by atoms with E-state index in [4.69, 9.17) is 14.6 Å². The average Bonchev–Trinajstić information content (AvgIpc) is 3.12. The first-order valence-corrected chi connectivity index (χ1v) is 11.2. The lowest BCUT2D eigenvalue weighted by molar-refractivity contribution is -0.139. The third-order valence-electron chi connectivity index (χ3n) is 4.17. The van der Waals surface area contributed by atoms with Crippen molar-refractivity contribution in [2.75, 3.05) is 19.0 Å². The van der Waals surface area contributed by atoms with Crippen LogP contribution < -0.4 is 20.1 Å². The fourth-order valence-electron chi connectivity index (χ4n) is 2.67. The van der Waals surface area contributed by atoms with Crippen LogP contribution >= 0.6 is 27.7 Å². The van der Waals surface area contributed by atoms with Gasteiger partial charge in [0.15, 0.2) is 23.3 Å². The SMILES string of the molecule is COc1cc(C=NN=C2NC(=O)C(CC(=O)Nc3ccc(Br)cc3)S2)ccc1OCC(=O)O. The second kappa shape index (κ2) is 11.5. The molecule has 0 bridgehead atoms. The van der Waals surface area contributed by atoms with Crippen molar-refractivity contribution in [2.45, 2.75) is 11.7 Å². The first-order valence-electron chi connectivity index (χ1n) is 9.50. The number of nitrogens with zero attached hydrogens (tertiary/aromatic N) is 2. The number of amides is 2. The highest BCUT2D eigenvalue weighted by Crippen LogP contribution is 2.28. The van der Waals surface area contributed by atoms with Crippen LogP contribution in [0.3, 0.4) is 0 Å². The number of ether oxygens (including phenoxy) is 2. The Labute approximate surface area is 201 Å². The summed E-state index contributed by atoms with van der Waals surface area (Å²) in [5.41, 5.74) is 1.26. The van der Waals surface area contributed by atoms with Crippen LogP contribution in [0.15, 0.2) is 57.1 Å². The number of benzene rings is 2. The van der Waals surface area contributed by atoms with E-state index in [9.17, 15) is 14.4 Å². The molecule has 2 aromatic carbocycles. The molecule has 0 radical (unpaired) electrons. The van der Waals surface area contributed by atoms with Gasteiger partial charge in [0.05, 0.1) is 13.3 Å². The maximum Gasteiger partial charge on any atom is 0.341 e. The summed E-state index contributed by atoms with van der Waals surface area (Å²) >= 11 is 4.45. The number of hydrogen-bond acceptors (Lipinski definition) is 8. The number of amidine groups is 1. The molecular weight excluding hydrogens is 516 g/mol. The fourth-order valence-corrected chi connectivity index (χ4v) is 3.86. The van der Waals surface area contributed by atoms with E-state index in [0.717, 1.165) is 16.2 Å². The third-order valence-corrected chi connectivity index (χ3v) is 5.77. The van der Waals surface area contributed by atoms with Gasteiger partial charge in [-0.05, 0) is 48.0 Å². The number of hydrogen-bond donors (Lipinski definition) is 3. The molecule has 1 unspecified atom stereocenters. The van der Waals surface area contributed by atoms with E-state index < -0.39 is 17.8 Å². The number of carboxylic acids is 1. The van der Waals surface area contributed by atoms with Crippen molar-refractivity contribution in [2.24, 2.45) is 10.2 Å². The first-order chi connectivity index (χ1) is 15.8. The Morgan fingerprint density at radius 3 is 2.70 bits per heavy atom. The molecule has 33 heavy (non-hydrogen) atoms. The van der Waals surface area contributed by atoms with Gasteiger partial charge in [0, 0.05) is 16.6 Å². The van der Waals surface area contributed by atoms with Crippen molar-refractivity contribution in [1.29, 1.82) is 0 Å². The van der Waals surface area contributed by atoms with E-state index in [-0.39, 0.29) is 29.2 Å². The number of nitrogens with one attached hydrogen (secondary N) is 2. The number of carbonyl (C=O) groups is 3. The number of carboxylic acid groups (broad SMARTS) is 1. The van der Waals surface area contributed by atoms with Gasteiger partial charge in [0.25, 0.3) is 0 Å². The number of methoxy groups -OCH3 is 1. The maximum absolute atomic E-state index is 12.2. The summed E-state index contributed by atoms with van der Waals surface area (Å²) in [4.78, 5) is 35.0. The van der Waals surface area contributed by atoms with Crippen molar-refractivity contribution in [3.05, 3.63) is 52.5 Å². The van der Waals surface area contributed by atoms with Gasteiger partial charge < -0.3 is 25.2 Å². The molecule has 2 amide bonds. The predicted molar refractivity (Wildman–Crippen MR) is 128 cm³/mol. The van der Waals surface area contributed by atoms with Crippen LogP contribution in [0.25, 0.3) is 0 Å². The zero-order chi connectivity index (χ0) is 23.8. The number of anilines is 1. The van der Waals surface area contributed by atoms with Crippen LogP contribution in [-0.2, 0) is 14.4 Å². The molecule has 2 aromatic rings. The molecule has 10 nitrogen and oxygen atoms in total. The number of aliphatic carboxylic acids is 1. The molecule has 1 atom stereocenters. The number of halogens is 1. The van der Waals surface area contributed by atoms with Crippen LogP contribution in [0, 0.1) is 0 Å². The molecule has 1 heterocycles. The number of rotatable bonds is 9. The highest BCUT2D eigenvalue weighted by Gasteiger charge is 2.32. The largest absolute Gasteiger partial charge is 0.493 e. The van der Waals surface area contributed by atoms with E-state index in [0.29, 0.717) is 17.0 Å². The molecule has 1 aliphatic rings. The minimum Gasteiger partial charge on any atom is -0.493 e. The Morgan fingerprint density at radius 1 is 1.24 bits per heavy atom. The molecule has 172 valence electrons. The van der Waals surface area contributed by atoms with Crippen LogP contribution in [-0.4, -0.2) is 53.2 Å². The standard InChI is InChI=1S/C21H19BrN4O6S/c1-31-16-8-12(2-7-15(16)32-11-19(28)29)10-23-26-21-25-20(30)17(33-21)9-18(27)24-14-5-3-13(22)4-6-14/h2-8,10,17H,9,11H2,1H3,(H,24,27)(H,28,29)(H,25,26,30). The highest BCUT2D eigenvalue weighted by atomic mass is 79.9. The summed E-state index contributed by atoms with van der Waals surface area (Å²) in [6.07, 6.45) is 1.43. The molecule has 1 aliphatic heterocycles. The van der Waals surface area contributed by atoms with Gasteiger partial charge in [-0.15, -0.1) is 5.10 Å². The van der Waals surface area contributed by atoms with E-state index in [2.05, 4.69) is 36.8 Å². The van der Waals surface area contributed by atoms with Crippen LogP contribution in [0.4, 0.5) is 5.69 Å². The normalized spacial score (nSPS) is 16.6. The topological polar surface area (TPSA) is 139 Å². The van der Waals surface area contributed by atoms with E-state index in [1.54, 1.807) is 30.3 Å². The number of carbonyl (C=O) groups excluding carboxylic acids is 2. The number of thioether (sulfide) groups is 1. The predicted octanol–water partition coefficient (Wildman–Crippen LogP) is 2.87. The van der Waals surface area contributed by atoms with E-state index in [1.807, 2.05) is 12.1 Å². The molecule has 3 rings (SSSR count). The lowest BCUT2D eigenvalue weighted by Gasteiger charge is -2.09. The Kier molecular flexibility index (Phi) is 8.44. The highest BCUT2D eigenvalue weighted by molar-refractivity contribution is 9.10. The molecule has 12 heteroatoms. The van der Waals surface area contributed by atoms with Gasteiger partial charge >= 0.3 is 5.97 Å². The monoisotopic (exact) mass is 534 g/mol. The molecule has 1 fully saturated rings. The Balaban J connectivity index is 1.56. The Morgan fingerprint density at radius 2 is 2.00 bits per heavy atom. The Hall–Kier alpha value is -3.38. The van der Waals surface area contributed by atoms with Crippen molar-refractivity contribution in [3.63, 3.8) is 0 Å². The minimum atomic E-state index is -1.10. The Bertz CT molecular complexity index is 1110. The maximum atomic E-state index is 12.2. The molecule has 0 aromatic heterocycles. The summed E-state index contributed by atoms with van der Waals surface area (Å²) in [7, 11) is 1.43. The molecule has 0 spiro atoms. The molecule has 0 aliphatic carbocycles. The van der Waals surface area contributed by atoms with Crippen molar-refractivity contribution < 1.29 is 29.0 Å². The van der Waals surface area contributed by atoms with E-state index in [1.165, 1.54) is 13.3 Å². The average molecular weight is 535 g/mol. The molecule has 0 saturated carbocycles. The molecular formula is C21H19BrN4O6S. The van der Waals surface area contributed by atoms with Crippen LogP contribution in [0.5, 0.6) is 11.5 Å². The summed E-state index contributed by atoms with van der Waals surface area (Å²) in [5, 5.41) is 21.7. The van der Waals surface area contributed by atoms with Crippen molar-refractivity contribution in [1.82, 2.24) is 5.32 Å².